The molecule has 2 N–H and O–H groups in total. The summed E-state index contributed by atoms with van der Waals surface area (Å²) in [5, 5.41) is 6.01. The van der Waals surface area contributed by atoms with Crippen LogP contribution >= 0.6 is 12.4 Å². The maximum atomic E-state index is 11.6. The molecule has 0 aliphatic heterocycles. The lowest BCUT2D eigenvalue weighted by Crippen LogP contribution is -2.37. The first-order valence-electron chi connectivity index (χ1n) is 7.67. The van der Waals surface area contributed by atoms with Crippen molar-refractivity contribution >= 4 is 18.3 Å². The van der Waals surface area contributed by atoms with Crippen LogP contribution in [0.5, 0.6) is 5.75 Å². The van der Waals surface area contributed by atoms with Gasteiger partial charge in [0.15, 0.2) is 0 Å². The number of carbonyl (C=O) groups excluding carboxylic acids is 1. The molecule has 5 heteroatoms. The molecule has 0 saturated carbocycles. The average Bonchev–Trinajstić information content (AvgIpc) is 2.47. The number of hydrogen-bond acceptors (Lipinski definition) is 3. The van der Waals surface area contributed by atoms with Gasteiger partial charge in [-0.2, -0.15) is 0 Å². The molecular formula is C17H29ClN2O2. The highest BCUT2D eigenvalue weighted by Crippen LogP contribution is 2.19. The van der Waals surface area contributed by atoms with Gasteiger partial charge in [0, 0.05) is 19.0 Å². The minimum atomic E-state index is 0. The Hall–Kier alpha value is -1.26. The number of rotatable bonds is 9. The Morgan fingerprint density at radius 2 is 2.00 bits per heavy atom. The molecule has 0 aromatic heterocycles. The number of carbonyl (C=O) groups is 1. The number of unbranched alkanes of at least 4 members (excludes halogenated alkanes) is 1. The van der Waals surface area contributed by atoms with Gasteiger partial charge >= 0.3 is 0 Å². The van der Waals surface area contributed by atoms with E-state index in [1.165, 1.54) is 5.56 Å². The molecule has 0 bridgehead atoms. The molecule has 0 fully saturated rings. The second-order valence-electron chi connectivity index (χ2n) is 5.57. The van der Waals surface area contributed by atoms with E-state index >= 15 is 0 Å². The zero-order valence-electron chi connectivity index (χ0n) is 14.1. The summed E-state index contributed by atoms with van der Waals surface area (Å²) in [5.41, 5.74) is 2.35. The molecular weight excluding hydrogens is 300 g/mol. The third-order valence-electron chi connectivity index (χ3n) is 3.50. The first-order valence-corrected chi connectivity index (χ1v) is 7.67. The van der Waals surface area contributed by atoms with Crippen molar-refractivity contribution in [2.75, 3.05) is 20.2 Å². The van der Waals surface area contributed by atoms with Crippen LogP contribution in [0, 0.1) is 13.8 Å². The Morgan fingerprint density at radius 1 is 1.27 bits per heavy atom. The third-order valence-corrected chi connectivity index (χ3v) is 3.50. The first-order chi connectivity index (χ1) is 10.0. The van der Waals surface area contributed by atoms with Crippen LogP contribution in [0.2, 0.25) is 0 Å². The fourth-order valence-electron chi connectivity index (χ4n) is 1.89. The van der Waals surface area contributed by atoms with Gasteiger partial charge in [-0.3, -0.25) is 4.79 Å². The Labute approximate surface area is 140 Å². The summed E-state index contributed by atoms with van der Waals surface area (Å²) in [6.45, 7) is 7.48. The van der Waals surface area contributed by atoms with E-state index in [9.17, 15) is 4.79 Å². The highest BCUT2D eigenvalue weighted by Gasteiger charge is 2.04. The molecule has 0 saturated heterocycles. The van der Waals surface area contributed by atoms with Crippen molar-refractivity contribution in [2.45, 2.75) is 46.1 Å². The molecule has 1 rings (SSSR count). The Morgan fingerprint density at radius 3 is 2.68 bits per heavy atom. The van der Waals surface area contributed by atoms with E-state index in [0.717, 1.165) is 24.2 Å². The van der Waals surface area contributed by atoms with Gasteiger partial charge in [0.2, 0.25) is 5.91 Å². The van der Waals surface area contributed by atoms with Gasteiger partial charge in [-0.1, -0.05) is 12.1 Å². The SMILES string of the molecule is CNC(C)CNC(=O)CCCCOc1cc(C)ccc1C.Cl. The molecule has 1 aromatic rings. The summed E-state index contributed by atoms with van der Waals surface area (Å²) in [6.07, 6.45) is 2.31. The van der Waals surface area contributed by atoms with Crippen LogP contribution < -0.4 is 15.4 Å². The van der Waals surface area contributed by atoms with Gasteiger partial charge in [-0.15, -0.1) is 12.4 Å². The van der Waals surface area contributed by atoms with Crippen LogP contribution in [-0.4, -0.2) is 32.1 Å². The lowest BCUT2D eigenvalue weighted by atomic mass is 10.1. The summed E-state index contributed by atoms with van der Waals surface area (Å²) in [7, 11) is 1.89. The molecule has 1 amide bonds. The number of hydrogen-bond donors (Lipinski definition) is 2. The standard InChI is InChI=1S/C17H28N2O2.ClH/c1-13-8-9-14(2)16(11-13)21-10-6-5-7-17(20)19-12-15(3)18-4;/h8-9,11,15,18H,5-7,10,12H2,1-4H3,(H,19,20);1H. The van der Waals surface area contributed by atoms with Crippen LogP contribution in [0.25, 0.3) is 0 Å². The molecule has 1 unspecified atom stereocenters. The number of halogens is 1. The van der Waals surface area contributed by atoms with E-state index < -0.39 is 0 Å². The Balaban J connectivity index is 0.00000441. The van der Waals surface area contributed by atoms with Crippen molar-refractivity contribution in [3.05, 3.63) is 29.3 Å². The molecule has 0 heterocycles. The Bertz CT molecular complexity index is 452. The summed E-state index contributed by atoms with van der Waals surface area (Å²) >= 11 is 0. The maximum Gasteiger partial charge on any atom is 0.220 e. The summed E-state index contributed by atoms with van der Waals surface area (Å²) < 4.78 is 5.77. The van der Waals surface area contributed by atoms with Crippen LogP contribution in [0.4, 0.5) is 0 Å². The van der Waals surface area contributed by atoms with Crippen LogP contribution in [0.15, 0.2) is 18.2 Å². The minimum absolute atomic E-state index is 0. The lowest BCUT2D eigenvalue weighted by molar-refractivity contribution is -0.121. The molecule has 22 heavy (non-hydrogen) atoms. The van der Waals surface area contributed by atoms with Crippen molar-refractivity contribution in [3.63, 3.8) is 0 Å². The number of likely N-dealkylation sites (N-methyl/N-ethyl adjacent to an activating group) is 1. The van der Waals surface area contributed by atoms with E-state index in [-0.39, 0.29) is 18.3 Å². The highest BCUT2D eigenvalue weighted by molar-refractivity contribution is 5.85. The van der Waals surface area contributed by atoms with Crippen molar-refractivity contribution in [1.29, 1.82) is 0 Å². The van der Waals surface area contributed by atoms with Gasteiger partial charge in [-0.05, 0) is 57.9 Å². The molecule has 1 atom stereocenters. The van der Waals surface area contributed by atoms with E-state index in [2.05, 4.69) is 35.8 Å². The molecule has 0 spiro atoms. The molecule has 126 valence electrons. The molecule has 4 nitrogen and oxygen atoms in total. The van der Waals surface area contributed by atoms with Crippen molar-refractivity contribution in [3.8, 4) is 5.75 Å². The smallest absolute Gasteiger partial charge is 0.220 e. The fourth-order valence-corrected chi connectivity index (χ4v) is 1.89. The van der Waals surface area contributed by atoms with Gasteiger partial charge in [-0.25, -0.2) is 0 Å². The van der Waals surface area contributed by atoms with Crippen molar-refractivity contribution < 1.29 is 9.53 Å². The largest absolute Gasteiger partial charge is 0.493 e. The third kappa shape index (κ3) is 8.25. The molecule has 0 aliphatic rings. The number of amides is 1. The number of ether oxygens (including phenoxy) is 1. The molecule has 0 aliphatic carbocycles. The fraction of sp³-hybridized carbons (Fsp3) is 0.588. The van der Waals surface area contributed by atoms with E-state index in [1.807, 2.05) is 20.9 Å². The van der Waals surface area contributed by atoms with Crippen LogP contribution in [0.1, 0.15) is 37.3 Å². The number of nitrogens with one attached hydrogen (secondary N) is 2. The second kappa shape index (κ2) is 11.3. The van der Waals surface area contributed by atoms with Crippen molar-refractivity contribution in [2.24, 2.45) is 0 Å². The number of aryl methyl sites for hydroxylation is 2. The van der Waals surface area contributed by atoms with Crippen molar-refractivity contribution in [1.82, 2.24) is 10.6 Å². The summed E-state index contributed by atoms with van der Waals surface area (Å²) in [4.78, 5) is 11.6. The van der Waals surface area contributed by atoms with Crippen LogP contribution in [-0.2, 0) is 4.79 Å². The summed E-state index contributed by atoms with van der Waals surface area (Å²) in [6, 6.07) is 6.52. The van der Waals surface area contributed by atoms with E-state index in [1.54, 1.807) is 0 Å². The van der Waals surface area contributed by atoms with E-state index in [0.29, 0.717) is 25.6 Å². The number of benzene rings is 1. The predicted molar refractivity (Wildman–Crippen MR) is 94.0 cm³/mol. The zero-order valence-corrected chi connectivity index (χ0v) is 14.9. The highest BCUT2D eigenvalue weighted by atomic mass is 35.5. The minimum Gasteiger partial charge on any atom is -0.493 e. The zero-order chi connectivity index (χ0) is 15.7. The normalized spacial score (nSPS) is 11.5. The average molecular weight is 329 g/mol. The summed E-state index contributed by atoms with van der Waals surface area (Å²) in [5.74, 6) is 1.06. The quantitative estimate of drug-likeness (QED) is 0.685. The molecule has 0 radical (unpaired) electrons. The second-order valence-corrected chi connectivity index (χ2v) is 5.57. The van der Waals surface area contributed by atoms with Crippen LogP contribution in [0.3, 0.4) is 0 Å². The van der Waals surface area contributed by atoms with Gasteiger partial charge in [0.1, 0.15) is 5.75 Å². The van der Waals surface area contributed by atoms with E-state index in [4.69, 9.17) is 4.74 Å². The molecule has 1 aromatic carbocycles. The first kappa shape index (κ1) is 20.7. The lowest BCUT2D eigenvalue weighted by Gasteiger charge is -2.12. The van der Waals surface area contributed by atoms with Gasteiger partial charge in [0.25, 0.3) is 0 Å². The maximum absolute atomic E-state index is 11.6. The monoisotopic (exact) mass is 328 g/mol. The topological polar surface area (TPSA) is 50.4 Å². The van der Waals surface area contributed by atoms with Gasteiger partial charge in [0.05, 0.1) is 6.61 Å². The van der Waals surface area contributed by atoms with Gasteiger partial charge < -0.3 is 15.4 Å². The Kier molecular flexibility index (Phi) is 10.7. The predicted octanol–water partition coefficient (Wildman–Crippen LogP) is 3.00.